The Labute approximate surface area is 197 Å². The van der Waals surface area contributed by atoms with E-state index in [0.717, 1.165) is 29.7 Å². The molecule has 166 valence electrons. The summed E-state index contributed by atoms with van der Waals surface area (Å²) in [5, 5.41) is 12.4. The number of methoxy groups -OCH3 is 1. The van der Waals surface area contributed by atoms with E-state index in [1.54, 1.807) is 7.11 Å². The summed E-state index contributed by atoms with van der Waals surface area (Å²) in [7, 11) is 1.64. The molecule has 0 spiro atoms. The second kappa shape index (κ2) is 9.50. The van der Waals surface area contributed by atoms with Crippen LogP contribution in [0.4, 0.5) is 0 Å². The Hall–Kier alpha value is -3.58. The molecule has 3 aromatic carbocycles. The van der Waals surface area contributed by atoms with Gasteiger partial charge in [0.1, 0.15) is 11.0 Å². The third-order valence-corrected chi connectivity index (χ3v) is 6.68. The second-order valence-electron chi connectivity index (χ2n) is 7.87. The van der Waals surface area contributed by atoms with E-state index in [4.69, 9.17) is 4.74 Å². The SMILES string of the molecule is COc1ccccc1-c1nnc(S[C@@H](C(=O)NC2CC2)c2ccccc2)n1-c1ccccc1. The van der Waals surface area contributed by atoms with Crippen molar-refractivity contribution in [3.8, 4) is 22.8 Å². The third kappa shape index (κ3) is 4.64. The monoisotopic (exact) mass is 456 g/mol. The van der Waals surface area contributed by atoms with Crippen LogP contribution in [0.1, 0.15) is 23.7 Å². The maximum Gasteiger partial charge on any atom is 0.238 e. The first-order valence-electron chi connectivity index (χ1n) is 10.9. The van der Waals surface area contributed by atoms with Gasteiger partial charge in [-0.2, -0.15) is 0 Å². The number of aromatic nitrogens is 3. The number of hydrogen-bond donors (Lipinski definition) is 1. The van der Waals surface area contributed by atoms with Crippen molar-refractivity contribution in [3.63, 3.8) is 0 Å². The quantitative estimate of drug-likeness (QED) is 0.376. The van der Waals surface area contributed by atoms with Crippen LogP contribution in [0.25, 0.3) is 17.1 Å². The van der Waals surface area contributed by atoms with Crippen LogP contribution >= 0.6 is 11.8 Å². The molecule has 1 N–H and O–H groups in total. The topological polar surface area (TPSA) is 69.0 Å². The van der Waals surface area contributed by atoms with Crippen LogP contribution < -0.4 is 10.1 Å². The zero-order valence-corrected chi connectivity index (χ0v) is 19.0. The second-order valence-corrected chi connectivity index (χ2v) is 8.94. The zero-order valence-electron chi connectivity index (χ0n) is 18.2. The highest BCUT2D eigenvalue weighted by molar-refractivity contribution is 8.00. The Morgan fingerprint density at radius 3 is 2.33 bits per heavy atom. The van der Waals surface area contributed by atoms with E-state index >= 15 is 0 Å². The van der Waals surface area contributed by atoms with Crippen LogP contribution in [0.2, 0.25) is 0 Å². The number of ether oxygens (including phenoxy) is 1. The van der Waals surface area contributed by atoms with Gasteiger partial charge in [-0.3, -0.25) is 9.36 Å². The van der Waals surface area contributed by atoms with Crippen molar-refractivity contribution in [2.24, 2.45) is 0 Å². The summed E-state index contributed by atoms with van der Waals surface area (Å²) in [4.78, 5) is 13.2. The number of carbonyl (C=O) groups excluding carboxylic acids is 1. The number of rotatable bonds is 8. The van der Waals surface area contributed by atoms with Crippen molar-refractivity contribution in [2.75, 3.05) is 7.11 Å². The maximum atomic E-state index is 13.2. The van der Waals surface area contributed by atoms with Crippen molar-refractivity contribution in [1.82, 2.24) is 20.1 Å². The predicted octanol–water partition coefficient (Wildman–Crippen LogP) is 5.05. The minimum Gasteiger partial charge on any atom is -0.496 e. The van der Waals surface area contributed by atoms with Gasteiger partial charge in [0.05, 0.1) is 12.7 Å². The van der Waals surface area contributed by atoms with Crippen molar-refractivity contribution in [2.45, 2.75) is 29.3 Å². The molecule has 1 atom stereocenters. The number of nitrogens with zero attached hydrogens (tertiary/aromatic N) is 3. The van der Waals surface area contributed by atoms with Gasteiger partial charge in [-0.15, -0.1) is 10.2 Å². The van der Waals surface area contributed by atoms with Crippen molar-refractivity contribution < 1.29 is 9.53 Å². The Bertz CT molecular complexity index is 1240. The summed E-state index contributed by atoms with van der Waals surface area (Å²) in [5.41, 5.74) is 2.68. The van der Waals surface area contributed by atoms with E-state index in [1.807, 2.05) is 89.5 Å². The standard InChI is InChI=1S/C26H24N4O2S/c1-32-22-15-9-8-14-21(22)24-28-29-26(30(24)20-12-6-3-7-13-20)33-23(18-10-4-2-5-11-18)25(31)27-19-16-17-19/h2-15,19,23H,16-17H2,1H3,(H,27,31)/t23-/m1/s1. The average molecular weight is 457 g/mol. The van der Waals surface area contributed by atoms with Gasteiger partial charge in [0.15, 0.2) is 11.0 Å². The van der Waals surface area contributed by atoms with E-state index in [0.29, 0.717) is 16.7 Å². The summed E-state index contributed by atoms with van der Waals surface area (Å²) in [6.45, 7) is 0. The molecule has 0 aliphatic heterocycles. The molecule has 1 heterocycles. The fourth-order valence-corrected chi connectivity index (χ4v) is 4.74. The molecule has 1 aliphatic rings. The minimum atomic E-state index is -0.441. The van der Waals surface area contributed by atoms with Gasteiger partial charge >= 0.3 is 0 Å². The Morgan fingerprint density at radius 1 is 0.970 bits per heavy atom. The molecule has 7 heteroatoms. The molecule has 6 nitrogen and oxygen atoms in total. The lowest BCUT2D eigenvalue weighted by Crippen LogP contribution is -2.29. The first-order chi connectivity index (χ1) is 16.2. The molecule has 5 rings (SSSR count). The van der Waals surface area contributed by atoms with Crippen LogP contribution in [0, 0.1) is 0 Å². The molecule has 1 aliphatic carbocycles. The number of carbonyl (C=O) groups is 1. The Kier molecular flexibility index (Phi) is 6.13. The van der Waals surface area contributed by atoms with Crippen molar-refractivity contribution in [3.05, 3.63) is 90.5 Å². The van der Waals surface area contributed by atoms with Crippen LogP contribution in [-0.4, -0.2) is 33.8 Å². The third-order valence-electron chi connectivity index (χ3n) is 5.48. The first-order valence-corrected chi connectivity index (χ1v) is 11.8. The van der Waals surface area contributed by atoms with E-state index in [9.17, 15) is 4.79 Å². The van der Waals surface area contributed by atoms with Crippen LogP contribution in [0.3, 0.4) is 0 Å². The molecular weight excluding hydrogens is 432 g/mol. The average Bonchev–Trinajstić information content (AvgIpc) is 3.59. The molecule has 0 saturated heterocycles. The normalized spacial score (nSPS) is 14.0. The van der Waals surface area contributed by atoms with Crippen molar-refractivity contribution in [1.29, 1.82) is 0 Å². The van der Waals surface area contributed by atoms with E-state index in [-0.39, 0.29) is 11.9 Å². The van der Waals surface area contributed by atoms with Gasteiger partial charge in [0.25, 0.3) is 0 Å². The van der Waals surface area contributed by atoms with Gasteiger partial charge in [0, 0.05) is 11.7 Å². The maximum absolute atomic E-state index is 13.2. The predicted molar refractivity (Wildman–Crippen MR) is 130 cm³/mol. The van der Waals surface area contributed by atoms with Gasteiger partial charge in [-0.25, -0.2) is 0 Å². The Balaban J connectivity index is 1.59. The van der Waals surface area contributed by atoms with E-state index < -0.39 is 5.25 Å². The van der Waals surface area contributed by atoms with Crippen molar-refractivity contribution >= 4 is 17.7 Å². The van der Waals surface area contributed by atoms with E-state index in [2.05, 4.69) is 15.5 Å². The molecule has 1 saturated carbocycles. The van der Waals surface area contributed by atoms with Gasteiger partial charge in [-0.05, 0) is 42.7 Å². The number of thioether (sulfide) groups is 1. The number of hydrogen-bond acceptors (Lipinski definition) is 5. The zero-order chi connectivity index (χ0) is 22.6. The molecular formula is C26H24N4O2S. The fourth-order valence-electron chi connectivity index (χ4n) is 3.67. The highest BCUT2D eigenvalue weighted by atomic mass is 32.2. The summed E-state index contributed by atoms with van der Waals surface area (Å²) < 4.78 is 7.58. The fraction of sp³-hybridized carbons (Fsp3) is 0.192. The lowest BCUT2D eigenvalue weighted by atomic mass is 10.1. The lowest BCUT2D eigenvalue weighted by Gasteiger charge is -2.18. The number of nitrogens with one attached hydrogen (secondary N) is 1. The molecule has 1 aromatic heterocycles. The van der Waals surface area contributed by atoms with Crippen LogP contribution in [-0.2, 0) is 4.79 Å². The largest absolute Gasteiger partial charge is 0.496 e. The van der Waals surface area contributed by atoms with Gasteiger partial charge in [0.2, 0.25) is 5.91 Å². The summed E-state index contributed by atoms with van der Waals surface area (Å²) in [5.74, 6) is 1.37. The van der Waals surface area contributed by atoms with E-state index in [1.165, 1.54) is 11.8 Å². The number of para-hydroxylation sites is 2. The summed E-state index contributed by atoms with van der Waals surface area (Å²) in [6, 6.07) is 27.8. The smallest absolute Gasteiger partial charge is 0.238 e. The molecule has 0 radical (unpaired) electrons. The Morgan fingerprint density at radius 2 is 1.64 bits per heavy atom. The highest BCUT2D eigenvalue weighted by Crippen LogP contribution is 2.39. The lowest BCUT2D eigenvalue weighted by molar-refractivity contribution is -0.120. The number of amides is 1. The van der Waals surface area contributed by atoms with Gasteiger partial charge < -0.3 is 10.1 Å². The summed E-state index contributed by atoms with van der Waals surface area (Å²) >= 11 is 1.41. The minimum absolute atomic E-state index is 0.00449. The molecule has 1 amide bonds. The molecule has 4 aromatic rings. The van der Waals surface area contributed by atoms with Gasteiger partial charge in [-0.1, -0.05) is 72.4 Å². The highest BCUT2D eigenvalue weighted by Gasteiger charge is 2.31. The molecule has 33 heavy (non-hydrogen) atoms. The summed E-state index contributed by atoms with van der Waals surface area (Å²) in [6.07, 6.45) is 2.08. The number of benzene rings is 3. The molecule has 1 fully saturated rings. The van der Waals surface area contributed by atoms with Crippen LogP contribution in [0.15, 0.2) is 90.1 Å². The van der Waals surface area contributed by atoms with Crippen LogP contribution in [0.5, 0.6) is 5.75 Å². The first kappa shape index (κ1) is 21.3. The molecule has 0 unspecified atom stereocenters. The molecule has 0 bridgehead atoms.